The summed E-state index contributed by atoms with van der Waals surface area (Å²) in [6.07, 6.45) is 5.43. The minimum Gasteiger partial charge on any atom is -0.469 e. The number of amides is 5. The molecule has 2 aromatic rings. The van der Waals surface area contributed by atoms with E-state index in [1.807, 2.05) is 12.1 Å². The first kappa shape index (κ1) is 33.4. The highest BCUT2D eigenvalue weighted by Gasteiger charge is 2.31. The Kier molecular flexibility index (Phi) is 12.3. The zero-order valence-corrected chi connectivity index (χ0v) is 25.2. The monoisotopic (exact) mass is 622 g/mol. The van der Waals surface area contributed by atoms with E-state index in [2.05, 4.69) is 21.3 Å². The van der Waals surface area contributed by atoms with Gasteiger partial charge in [0, 0.05) is 44.8 Å². The molecule has 2 aliphatic heterocycles. The molecular formula is C32H42N6O7. The van der Waals surface area contributed by atoms with Crippen molar-refractivity contribution in [3.63, 3.8) is 0 Å². The number of piperidine rings is 1. The highest BCUT2D eigenvalue weighted by molar-refractivity contribution is 5.97. The topological polar surface area (TPSA) is 196 Å². The second-order valence-corrected chi connectivity index (χ2v) is 11.4. The number of nitrogens with one attached hydrogen (secondary N) is 4. The van der Waals surface area contributed by atoms with Crippen molar-refractivity contribution in [3.8, 4) is 0 Å². The van der Waals surface area contributed by atoms with E-state index in [1.54, 1.807) is 29.2 Å². The normalized spacial score (nSPS) is 25.6. The summed E-state index contributed by atoms with van der Waals surface area (Å²) < 4.78 is 5.48. The van der Waals surface area contributed by atoms with E-state index in [0.717, 1.165) is 11.6 Å². The number of aliphatic hydroxyl groups is 1. The van der Waals surface area contributed by atoms with Gasteiger partial charge in [-0.25, -0.2) is 0 Å². The SMILES string of the molecule is NC(=O)[C@@H]1CCCCNC(=O)/C=C/C(=O)N2CCC[C@H](C2)C(=O)N[C@@H](Cc2ccco2)C(O)NCc2ccccc2CC(=O)N1. The summed E-state index contributed by atoms with van der Waals surface area (Å²) in [5, 5.41) is 22.6. The van der Waals surface area contributed by atoms with Crippen LogP contribution in [0.1, 0.15) is 49.0 Å². The van der Waals surface area contributed by atoms with Gasteiger partial charge in [0.25, 0.3) is 0 Å². The van der Waals surface area contributed by atoms with E-state index in [4.69, 9.17) is 10.2 Å². The standard InChI is InChI=1S/C32H42N6O7/c33-30(42)25-11-3-4-14-34-27(39)12-13-29(41)38-15-5-9-23(20-38)31(43)37-26(18-24-10-6-16-45-24)32(44)35-19-22-8-2-1-7-21(22)17-28(40)36-25/h1-2,6-8,10,12-13,16,23,25-26,32,35,44H,3-5,9,11,14-15,17-20H2,(H2,33,42)(H,34,39)(H,36,40)(H,37,43)/b13-12+/t23-,25+,26+,32?/m1/s1. The molecule has 13 nitrogen and oxygen atoms in total. The predicted molar refractivity (Wildman–Crippen MR) is 164 cm³/mol. The first-order valence-electron chi connectivity index (χ1n) is 15.3. The van der Waals surface area contributed by atoms with Crippen LogP contribution in [0.25, 0.3) is 0 Å². The summed E-state index contributed by atoms with van der Waals surface area (Å²) in [7, 11) is 0. The van der Waals surface area contributed by atoms with Crippen molar-refractivity contribution in [2.24, 2.45) is 11.7 Å². The van der Waals surface area contributed by atoms with Crippen LogP contribution in [0.4, 0.5) is 0 Å². The number of carbonyl (C=O) groups is 5. The molecule has 1 aromatic carbocycles. The van der Waals surface area contributed by atoms with Gasteiger partial charge in [0.05, 0.1) is 24.6 Å². The molecule has 2 bridgehead atoms. The third-order valence-electron chi connectivity index (χ3n) is 8.06. The van der Waals surface area contributed by atoms with E-state index in [9.17, 15) is 29.1 Å². The third kappa shape index (κ3) is 10.3. The second-order valence-electron chi connectivity index (χ2n) is 11.4. The lowest BCUT2D eigenvalue weighted by Gasteiger charge is -2.33. The maximum atomic E-state index is 13.4. The van der Waals surface area contributed by atoms with Crippen LogP contribution in [-0.4, -0.2) is 77.5 Å². The summed E-state index contributed by atoms with van der Waals surface area (Å²) in [5.74, 6) is -2.08. The summed E-state index contributed by atoms with van der Waals surface area (Å²) >= 11 is 0. The quantitative estimate of drug-likeness (QED) is 0.276. The maximum Gasteiger partial charge on any atom is 0.246 e. The van der Waals surface area contributed by atoms with Crippen LogP contribution in [0, 0.1) is 5.92 Å². The van der Waals surface area contributed by atoms with Crippen molar-refractivity contribution >= 4 is 29.5 Å². The van der Waals surface area contributed by atoms with Crippen LogP contribution >= 0.6 is 0 Å². The van der Waals surface area contributed by atoms with Crippen molar-refractivity contribution in [2.45, 2.75) is 69.8 Å². The number of primary amides is 1. The molecule has 4 atom stereocenters. The molecule has 0 radical (unpaired) electrons. The van der Waals surface area contributed by atoms with Crippen molar-refractivity contribution < 1.29 is 33.5 Å². The highest BCUT2D eigenvalue weighted by Crippen LogP contribution is 2.19. The van der Waals surface area contributed by atoms with Gasteiger partial charge in [-0.3, -0.25) is 29.3 Å². The molecule has 1 unspecified atom stereocenters. The molecule has 7 N–H and O–H groups in total. The predicted octanol–water partition coefficient (Wildman–Crippen LogP) is 0.0226. The van der Waals surface area contributed by atoms with Crippen LogP contribution < -0.4 is 27.0 Å². The fraction of sp³-hybridized carbons (Fsp3) is 0.469. The van der Waals surface area contributed by atoms with Crippen molar-refractivity contribution in [1.82, 2.24) is 26.2 Å². The Morgan fingerprint density at radius 1 is 0.978 bits per heavy atom. The number of carbonyl (C=O) groups excluding carboxylic acids is 5. The lowest BCUT2D eigenvalue weighted by atomic mass is 9.96. The zero-order valence-electron chi connectivity index (χ0n) is 25.2. The Labute approximate surface area is 262 Å². The lowest BCUT2D eigenvalue weighted by molar-refractivity contribution is -0.133. The highest BCUT2D eigenvalue weighted by atomic mass is 16.3. The number of aliphatic hydroxyl groups excluding tert-OH is 1. The van der Waals surface area contributed by atoms with E-state index in [0.29, 0.717) is 56.5 Å². The number of nitrogens with zero attached hydrogens (tertiary/aromatic N) is 1. The first-order valence-corrected chi connectivity index (χ1v) is 15.3. The summed E-state index contributed by atoms with van der Waals surface area (Å²) in [6, 6.07) is 9.07. The molecule has 1 aromatic heterocycles. The zero-order chi connectivity index (χ0) is 32.2. The Morgan fingerprint density at radius 2 is 1.78 bits per heavy atom. The number of hydrogen-bond donors (Lipinski definition) is 6. The van der Waals surface area contributed by atoms with Crippen LogP contribution in [0.5, 0.6) is 0 Å². The minimum atomic E-state index is -1.19. The molecule has 0 saturated carbocycles. The van der Waals surface area contributed by atoms with E-state index < -0.39 is 36.0 Å². The van der Waals surface area contributed by atoms with Gasteiger partial charge in [-0.2, -0.15) is 0 Å². The summed E-state index contributed by atoms with van der Waals surface area (Å²) in [6.45, 7) is 1.15. The fourth-order valence-corrected chi connectivity index (χ4v) is 5.54. The smallest absolute Gasteiger partial charge is 0.246 e. The van der Waals surface area contributed by atoms with E-state index in [1.165, 1.54) is 12.3 Å². The molecule has 242 valence electrons. The molecule has 13 heteroatoms. The minimum absolute atomic E-state index is 0.0103. The van der Waals surface area contributed by atoms with Crippen LogP contribution in [0.2, 0.25) is 0 Å². The molecular weight excluding hydrogens is 580 g/mol. The fourth-order valence-electron chi connectivity index (χ4n) is 5.54. The largest absolute Gasteiger partial charge is 0.469 e. The average Bonchev–Trinajstić information content (AvgIpc) is 3.54. The van der Waals surface area contributed by atoms with Crippen molar-refractivity contribution in [2.75, 3.05) is 19.6 Å². The Bertz CT molecular complexity index is 1360. The summed E-state index contributed by atoms with van der Waals surface area (Å²) in [4.78, 5) is 65.0. The second kappa shape index (κ2) is 16.5. The van der Waals surface area contributed by atoms with Gasteiger partial charge in [-0.15, -0.1) is 0 Å². The van der Waals surface area contributed by atoms with Gasteiger partial charge in [0.1, 0.15) is 18.0 Å². The molecule has 4 rings (SSSR count). The number of benzene rings is 1. The Morgan fingerprint density at radius 3 is 2.53 bits per heavy atom. The maximum absolute atomic E-state index is 13.4. The van der Waals surface area contributed by atoms with E-state index >= 15 is 0 Å². The number of nitrogens with two attached hydrogens (primary N) is 1. The molecule has 1 fully saturated rings. The molecule has 2 aliphatic rings. The number of rotatable bonds is 3. The Hall–Kier alpha value is -4.49. The molecule has 0 aliphatic carbocycles. The van der Waals surface area contributed by atoms with Crippen LogP contribution in [0.3, 0.4) is 0 Å². The van der Waals surface area contributed by atoms with Crippen LogP contribution in [0.15, 0.2) is 59.2 Å². The molecule has 0 spiro atoms. The van der Waals surface area contributed by atoms with Crippen LogP contribution in [-0.2, 0) is 43.4 Å². The number of fused-ring (bicyclic) bond motifs is 3. The van der Waals surface area contributed by atoms with Crippen molar-refractivity contribution in [3.05, 3.63) is 71.7 Å². The summed E-state index contributed by atoms with van der Waals surface area (Å²) in [5.41, 5.74) is 6.99. The van der Waals surface area contributed by atoms with Crippen molar-refractivity contribution in [1.29, 1.82) is 0 Å². The molecule has 3 heterocycles. The van der Waals surface area contributed by atoms with Gasteiger partial charge in [-0.05, 0) is 55.4 Å². The van der Waals surface area contributed by atoms with Gasteiger partial charge >= 0.3 is 0 Å². The first-order chi connectivity index (χ1) is 21.7. The average molecular weight is 623 g/mol. The lowest BCUT2D eigenvalue weighted by Crippen LogP contribution is -2.54. The van der Waals surface area contributed by atoms with Gasteiger partial charge in [0.2, 0.25) is 29.5 Å². The van der Waals surface area contributed by atoms with Gasteiger partial charge in [0.15, 0.2) is 0 Å². The van der Waals surface area contributed by atoms with Gasteiger partial charge in [-0.1, -0.05) is 24.3 Å². The third-order valence-corrected chi connectivity index (χ3v) is 8.06. The molecule has 45 heavy (non-hydrogen) atoms. The Balaban J connectivity index is 1.54. The molecule has 1 saturated heterocycles. The van der Waals surface area contributed by atoms with Gasteiger partial charge < -0.3 is 36.1 Å². The molecule has 5 amide bonds. The van der Waals surface area contributed by atoms with E-state index in [-0.39, 0.29) is 43.7 Å². The number of hydrogen-bond acceptors (Lipinski definition) is 8. The number of furan rings is 1.